The number of carbonyl (C=O) groups excluding carboxylic acids is 1. The van der Waals surface area contributed by atoms with E-state index < -0.39 is 0 Å². The second kappa shape index (κ2) is 11.5. The lowest BCUT2D eigenvalue weighted by atomic mass is 9.96. The van der Waals surface area contributed by atoms with Crippen LogP contribution >= 0.6 is 0 Å². The van der Waals surface area contributed by atoms with Crippen molar-refractivity contribution in [1.82, 2.24) is 14.9 Å². The van der Waals surface area contributed by atoms with Crippen LogP contribution in [0.1, 0.15) is 27.2 Å². The summed E-state index contributed by atoms with van der Waals surface area (Å²) in [6, 6.07) is 11.1. The van der Waals surface area contributed by atoms with E-state index in [0.29, 0.717) is 31.0 Å². The molecule has 8 heteroatoms. The molecule has 0 saturated carbocycles. The summed E-state index contributed by atoms with van der Waals surface area (Å²) >= 11 is 0. The van der Waals surface area contributed by atoms with Crippen LogP contribution in [0, 0.1) is 13.8 Å². The number of hydrogen-bond donors (Lipinski definition) is 3. The fraction of sp³-hybridized carbons (Fsp3) is 0.261. The molecule has 0 spiro atoms. The number of nitrogens with one attached hydrogen (secondary N) is 1. The number of hydrogen-bond acceptors (Lipinski definition) is 5. The number of amides is 1. The Morgan fingerprint density at radius 1 is 1.16 bits per heavy atom. The second-order valence-corrected chi connectivity index (χ2v) is 6.82. The SMILES string of the molecule is COCCn1cncc1CNC(=O)c1ccc(-c2ccc(O)c(C)c2C)cc1.O=CO. The Morgan fingerprint density at radius 3 is 2.48 bits per heavy atom. The molecule has 2 aromatic carbocycles. The first-order valence-corrected chi connectivity index (χ1v) is 9.66. The van der Waals surface area contributed by atoms with E-state index in [0.717, 1.165) is 27.9 Å². The summed E-state index contributed by atoms with van der Waals surface area (Å²) in [5, 5.41) is 19.6. The normalized spacial score (nSPS) is 10.2. The summed E-state index contributed by atoms with van der Waals surface area (Å²) < 4.78 is 7.05. The first kappa shape index (κ1) is 23.6. The molecule has 1 heterocycles. The van der Waals surface area contributed by atoms with Crippen molar-refractivity contribution in [3.63, 3.8) is 0 Å². The van der Waals surface area contributed by atoms with Gasteiger partial charge in [-0.15, -0.1) is 0 Å². The number of nitrogens with zero attached hydrogens (tertiary/aromatic N) is 2. The lowest BCUT2D eigenvalue weighted by molar-refractivity contribution is -0.122. The average molecular weight is 425 g/mol. The van der Waals surface area contributed by atoms with Crippen molar-refractivity contribution in [3.8, 4) is 16.9 Å². The molecule has 8 nitrogen and oxygen atoms in total. The highest BCUT2D eigenvalue weighted by Crippen LogP contribution is 2.30. The molecule has 1 amide bonds. The fourth-order valence-corrected chi connectivity index (χ4v) is 3.08. The van der Waals surface area contributed by atoms with Crippen LogP contribution in [-0.2, 0) is 22.6 Å². The van der Waals surface area contributed by atoms with Crippen LogP contribution < -0.4 is 5.32 Å². The number of aromatic nitrogens is 2. The highest BCUT2D eigenvalue weighted by molar-refractivity contribution is 5.94. The molecule has 3 rings (SSSR count). The van der Waals surface area contributed by atoms with Gasteiger partial charge >= 0.3 is 0 Å². The standard InChI is InChI=1S/C22H25N3O3.CH2O2/c1-15-16(2)21(26)9-8-20(15)17-4-6-18(7-5-17)22(27)24-13-19-12-23-14-25(19)10-11-28-3;2-1-3/h4-9,12,14,26H,10-11,13H2,1-3H3,(H,24,27);1H,(H,2,3). The van der Waals surface area contributed by atoms with Crippen molar-refractivity contribution in [2.45, 2.75) is 26.9 Å². The van der Waals surface area contributed by atoms with Crippen molar-refractivity contribution in [2.24, 2.45) is 0 Å². The Morgan fingerprint density at radius 2 is 1.84 bits per heavy atom. The number of ether oxygens (including phenoxy) is 1. The molecule has 3 aromatic rings. The molecule has 0 atom stereocenters. The van der Waals surface area contributed by atoms with Crippen LogP contribution in [-0.4, -0.2) is 45.9 Å². The number of carbonyl (C=O) groups is 2. The van der Waals surface area contributed by atoms with E-state index in [-0.39, 0.29) is 12.4 Å². The van der Waals surface area contributed by atoms with Crippen LogP contribution in [0.3, 0.4) is 0 Å². The summed E-state index contributed by atoms with van der Waals surface area (Å²) in [4.78, 5) is 25.0. The lowest BCUT2D eigenvalue weighted by Gasteiger charge is -2.12. The van der Waals surface area contributed by atoms with Crippen LogP contribution in [0.15, 0.2) is 48.9 Å². The molecule has 0 aliphatic rings. The second-order valence-electron chi connectivity index (χ2n) is 6.82. The smallest absolute Gasteiger partial charge is 0.290 e. The summed E-state index contributed by atoms with van der Waals surface area (Å²) in [5.74, 6) is 0.159. The number of imidazole rings is 1. The minimum atomic E-state index is -0.250. The molecule has 0 saturated heterocycles. The Hall–Kier alpha value is -3.65. The van der Waals surface area contributed by atoms with Crippen LogP contribution in [0.25, 0.3) is 11.1 Å². The quantitative estimate of drug-likeness (QED) is 0.501. The van der Waals surface area contributed by atoms with Crippen molar-refractivity contribution in [2.75, 3.05) is 13.7 Å². The van der Waals surface area contributed by atoms with Gasteiger partial charge in [0.15, 0.2) is 0 Å². The summed E-state index contributed by atoms with van der Waals surface area (Å²) in [7, 11) is 1.66. The number of carboxylic acid groups (broad SMARTS) is 1. The topological polar surface area (TPSA) is 114 Å². The number of rotatable bonds is 7. The fourth-order valence-electron chi connectivity index (χ4n) is 3.08. The summed E-state index contributed by atoms with van der Waals surface area (Å²) in [6.07, 6.45) is 3.48. The number of benzene rings is 2. The van der Waals surface area contributed by atoms with E-state index in [9.17, 15) is 9.90 Å². The van der Waals surface area contributed by atoms with Crippen LogP contribution in [0.2, 0.25) is 0 Å². The third kappa shape index (κ3) is 6.16. The Labute approximate surface area is 181 Å². The van der Waals surface area contributed by atoms with Gasteiger partial charge in [-0.3, -0.25) is 9.59 Å². The number of methoxy groups -OCH3 is 1. The van der Waals surface area contributed by atoms with Gasteiger partial charge in [-0.05, 0) is 54.3 Å². The van der Waals surface area contributed by atoms with Gasteiger partial charge in [-0.1, -0.05) is 18.2 Å². The highest BCUT2D eigenvalue weighted by Gasteiger charge is 2.10. The molecule has 164 valence electrons. The largest absolute Gasteiger partial charge is 0.508 e. The van der Waals surface area contributed by atoms with E-state index in [4.69, 9.17) is 14.6 Å². The minimum absolute atomic E-state index is 0.135. The third-order valence-electron chi connectivity index (χ3n) is 4.98. The number of phenolic OH excluding ortho intramolecular Hbond substituents is 1. The third-order valence-corrected chi connectivity index (χ3v) is 4.98. The van der Waals surface area contributed by atoms with Gasteiger partial charge in [0, 0.05) is 25.4 Å². The molecule has 0 radical (unpaired) electrons. The van der Waals surface area contributed by atoms with Crippen molar-refractivity contribution >= 4 is 12.4 Å². The molecule has 0 fully saturated rings. The molecule has 31 heavy (non-hydrogen) atoms. The van der Waals surface area contributed by atoms with E-state index in [1.807, 2.05) is 48.7 Å². The van der Waals surface area contributed by atoms with Gasteiger partial charge < -0.3 is 24.8 Å². The molecule has 1 aromatic heterocycles. The van der Waals surface area contributed by atoms with Gasteiger partial charge in [-0.25, -0.2) is 4.98 Å². The maximum absolute atomic E-state index is 12.5. The predicted molar refractivity (Wildman–Crippen MR) is 117 cm³/mol. The Kier molecular flexibility index (Phi) is 8.78. The monoisotopic (exact) mass is 425 g/mol. The maximum Gasteiger partial charge on any atom is 0.290 e. The molecule has 0 unspecified atom stereocenters. The van der Waals surface area contributed by atoms with E-state index in [1.165, 1.54) is 0 Å². The molecular formula is C23H27N3O5. The van der Waals surface area contributed by atoms with Crippen molar-refractivity contribution in [1.29, 1.82) is 0 Å². The van der Waals surface area contributed by atoms with Gasteiger partial charge in [-0.2, -0.15) is 0 Å². The zero-order valence-corrected chi connectivity index (χ0v) is 17.8. The van der Waals surface area contributed by atoms with E-state index in [2.05, 4.69) is 10.3 Å². The first-order chi connectivity index (χ1) is 14.9. The van der Waals surface area contributed by atoms with E-state index in [1.54, 1.807) is 25.7 Å². The molecule has 3 N–H and O–H groups in total. The van der Waals surface area contributed by atoms with Gasteiger partial charge in [0.2, 0.25) is 0 Å². The van der Waals surface area contributed by atoms with Crippen molar-refractivity contribution < 1.29 is 24.5 Å². The van der Waals surface area contributed by atoms with Crippen molar-refractivity contribution in [3.05, 3.63) is 71.3 Å². The molecule has 0 aliphatic heterocycles. The molecule has 0 bridgehead atoms. The highest BCUT2D eigenvalue weighted by atomic mass is 16.5. The zero-order valence-electron chi connectivity index (χ0n) is 17.8. The maximum atomic E-state index is 12.5. The zero-order chi connectivity index (χ0) is 22.8. The predicted octanol–water partition coefficient (Wildman–Crippen LogP) is 3.15. The summed E-state index contributed by atoms with van der Waals surface area (Å²) in [5.41, 5.74) is 5.47. The molecular weight excluding hydrogens is 398 g/mol. The van der Waals surface area contributed by atoms with Gasteiger partial charge in [0.25, 0.3) is 12.4 Å². The minimum Gasteiger partial charge on any atom is -0.508 e. The van der Waals surface area contributed by atoms with Crippen LogP contribution in [0.5, 0.6) is 5.75 Å². The molecule has 0 aliphatic carbocycles. The number of aromatic hydroxyl groups is 1. The lowest BCUT2D eigenvalue weighted by Crippen LogP contribution is -2.24. The van der Waals surface area contributed by atoms with Crippen LogP contribution in [0.4, 0.5) is 0 Å². The van der Waals surface area contributed by atoms with Gasteiger partial charge in [0.1, 0.15) is 5.75 Å². The summed E-state index contributed by atoms with van der Waals surface area (Å²) in [6.45, 7) is 5.32. The Bertz CT molecular complexity index is 1010. The van der Waals surface area contributed by atoms with Gasteiger partial charge in [0.05, 0.1) is 25.2 Å². The first-order valence-electron chi connectivity index (χ1n) is 9.66. The number of phenols is 1. The Balaban J connectivity index is 0.00000107. The van der Waals surface area contributed by atoms with E-state index >= 15 is 0 Å². The average Bonchev–Trinajstić information content (AvgIpc) is 3.22.